The van der Waals surface area contributed by atoms with Gasteiger partial charge in [-0.15, -0.1) is 11.3 Å². The van der Waals surface area contributed by atoms with E-state index in [1.54, 1.807) is 16.2 Å². The summed E-state index contributed by atoms with van der Waals surface area (Å²) in [4.78, 5) is 23.3. The molecule has 1 atom stereocenters. The highest BCUT2D eigenvalue weighted by Gasteiger charge is 2.21. The summed E-state index contributed by atoms with van der Waals surface area (Å²) in [6.07, 6.45) is 0. The van der Waals surface area contributed by atoms with Gasteiger partial charge in [-0.25, -0.2) is 9.97 Å². The van der Waals surface area contributed by atoms with E-state index < -0.39 is 0 Å². The zero-order valence-electron chi connectivity index (χ0n) is 14.4. The van der Waals surface area contributed by atoms with Crippen LogP contribution in [0.15, 0.2) is 58.2 Å². The van der Waals surface area contributed by atoms with Gasteiger partial charge in [0.05, 0.1) is 22.0 Å². The average molecular weight is 383 g/mol. The van der Waals surface area contributed by atoms with Crippen molar-refractivity contribution in [2.24, 2.45) is 0 Å². The van der Waals surface area contributed by atoms with E-state index in [9.17, 15) is 4.79 Å². The number of nitrogens with zero attached hydrogens (tertiary/aromatic N) is 3. The molecule has 26 heavy (non-hydrogen) atoms. The first-order chi connectivity index (χ1) is 12.6. The van der Waals surface area contributed by atoms with Crippen LogP contribution in [-0.4, -0.2) is 33.6 Å². The Kier molecular flexibility index (Phi) is 4.65. The molecule has 0 saturated heterocycles. The van der Waals surface area contributed by atoms with Crippen LogP contribution in [0.5, 0.6) is 0 Å². The quantitative estimate of drug-likeness (QED) is 0.466. The lowest BCUT2D eigenvalue weighted by molar-refractivity contribution is -0.128. The minimum Gasteiger partial charge on any atom is -0.431 e. The Balaban J connectivity index is 1.43. The molecule has 0 N–H and O–H groups in total. The van der Waals surface area contributed by atoms with Crippen molar-refractivity contribution in [3.63, 3.8) is 0 Å². The Morgan fingerprint density at radius 3 is 2.65 bits per heavy atom. The molecule has 0 radical (unpaired) electrons. The van der Waals surface area contributed by atoms with Gasteiger partial charge < -0.3 is 9.32 Å². The van der Waals surface area contributed by atoms with Crippen LogP contribution in [0.3, 0.4) is 0 Å². The number of hydrogen-bond donors (Lipinski definition) is 0. The van der Waals surface area contributed by atoms with Crippen LogP contribution in [0, 0.1) is 0 Å². The van der Waals surface area contributed by atoms with Crippen LogP contribution in [-0.2, 0) is 4.79 Å². The number of hydrogen-bond acceptors (Lipinski definition) is 6. The molecular weight excluding hydrogens is 366 g/mol. The minimum absolute atomic E-state index is 0.0176. The monoisotopic (exact) mass is 383 g/mol. The second-order valence-electron chi connectivity index (χ2n) is 5.94. The number of fused-ring (bicyclic) bond motifs is 2. The maximum atomic E-state index is 12.6. The summed E-state index contributed by atoms with van der Waals surface area (Å²) in [7, 11) is 1.81. The van der Waals surface area contributed by atoms with Crippen LogP contribution >= 0.6 is 23.1 Å². The van der Waals surface area contributed by atoms with Crippen molar-refractivity contribution in [2.75, 3.05) is 12.8 Å². The van der Waals surface area contributed by atoms with Crippen molar-refractivity contribution in [3.05, 3.63) is 53.5 Å². The molecule has 0 spiro atoms. The summed E-state index contributed by atoms with van der Waals surface area (Å²) in [5.41, 5.74) is 2.51. The molecule has 0 aliphatic heterocycles. The lowest BCUT2D eigenvalue weighted by atomic mass is 10.3. The molecule has 5 nitrogen and oxygen atoms in total. The van der Waals surface area contributed by atoms with Gasteiger partial charge >= 0.3 is 0 Å². The molecule has 4 aromatic rings. The summed E-state index contributed by atoms with van der Waals surface area (Å²) < 4.78 is 6.79. The largest absolute Gasteiger partial charge is 0.431 e. The lowest BCUT2D eigenvalue weighted by Gasteiger charge is -2.22. The van der Waals surface area contributed by atoms with Gasteiger partial charge in [0, 0.05) is 7.05 Å². The third-order valence-corrected chi connectivity index (χ3v) is 6.26. The van der Waals surface area contributed by atoms with Gasteiger partial charge in [-0.3, -0.25) is 4.79 Å². The fraction of sp³-hybridized carbons (Fsp3) is 0.211. The number of aromatic nitrogens is 2. The smallest absolute Gasteiger partial charge is 0.257 e. The van der Waals surface area contributed by atoms with Crippen LogP contribution in [0.25, 0.3) is 21.3 Å². The van der Waals surface area contributed by atoms with Crippen LogP contribution < -0.4 is 0 Å². The Morgan fingerprint density at radius 1 is 1.15 bits per heavy atom. The van der Waals surface area contributed by atoms with E-state index >= 15 is 0 Å². The molecular formula is C19H17N3O2S2. The predicted octanol–water partition coefficient (Wildman–Crippen LogP) is 4.75. The standard InChI is InChI=1S/C19H17N3O2S2/c1-12(18-20-14-8-4-6-10-16(14)26-18)22(2)17(23)11-25-19-21-13-7-3-5-9-15(13)24-19/h3-10,12H,11H2,1-2H3/t12-/m0/s1. The van der Waals surface area contributed by atoms with E-state index in [1.807, 2.05) is 62.5 Å². The summed E-state index contributed by atoms with van der Waals surface area (Å²) in [5, 5.41) is 1.45. The van der Waals surface area contributed by atoms with E-state index in [0.717, 1.165) is 26.3 Å². The topological polar surface area (TPSA) is 59.2 Å². The number of carbonyl (C=O) groups is 1. The Hall–Kier alpha value is -2.38. The van der Waals surface area contributed by atoms with Crippen LogP contribution in [0.2, 0.25) is 0 Å². The Labute approximate surface area is 159 Å². The first-order valence-corrected chi connectivity index (χ1v) is 10.0. The second kappa shape index (κ2) is 7.09. The van der Waals surface area contributed by atoms with Crippen molar-refractivity contribution in [3.8, 4) is 0 Å². The number of rotatable bonds is 5. The van der Waals surface area contributed by atoms with Crippen LogP contribution in [0.4, 0.5) is 0 Å². The number of carbonyl (C=O) groups excluding carboxylic acids is 1. The number of thioether (sulfide) groups is 1. The maximum Gasteiger partial charge on any atom is 0.257 e. The summed E-state index contributed by atoms with van der Waals surface area (Å²) in [5.74, 6) is 0.294. The van der Waals surface area contributed by atoms with E-state index in [-0.39, 0.29) is 17.7 Å². The molecule has 7 heteroatoms. The highest BCUT2D eigenvalue weighted by molar-refractivity contribution is 7.99. The SMILES string of the molecule is C[C@@H](c1nc2ccccc2s1)N(C)C(=O)CSc1nc2ccccc2o1. The van der Waals surface area contributed by atoms with Crippen molar-refractivity contribution < 1.29 is 9.21 Å². The van der Waals surface area contributed by atoms with Gasteiger partial charge in [0.2, 0.25) is 5.91 Å². The summed E-state index contributed by atoms with van der Waals surface area (Å²) >= 11 is 2.94. The number of oxazole rings is 1. The molecule has 0 unspecified atom stereocenters. The highest BCUT2D eigenvalue weighted by atomic mass is 32.2. The van der Waals surface area contributed by atoms with Crippen LogP contribution in [0.1, 0.15) is 18.0 Å². The van der Waals surface area contributed by atoms with E-state index in [1.165, 1.54) is 11.8 Å². The molecule has 4 rings (SSSR count). The summed E-state index contributed by atoms with van der Waals surface area (Å²) in [6, 6.07) is 15.5. The first kappa shape index (κ1) is 17.1. The lowest BCUT2D eigenvalue weighted by Crippen LogP contribution is -2.31. The van der Waals surface area contributed by atoms with Crippen molar-refractivity contribution in [1.82, 2.24) is 14.9 Å². The number of amides is 1. The van der Waals surface area contributed by atoms with Gasteiger partial charge in [0.15, 0.2) is 5.58 Å². The number of benzene rings is 2. The molecule has 0 aliphatic rings. The zero-order valence-corrected chi connectivity index (χ0v) is 16.0. The van der Waals surface area contributed by atoms with E-state index in [0.29, 0.717) is 5.22 Å². The second-order valence-corrected chi connectivity index (χ2v) is 7.93. The molecule has 0 aliphatic carbocycles. The minimum atomic E-state index is -0.0795. The molecule has 0 fully saturated rings. The van der Waals surface area contributed by atoms with Gasteiger partial charge in [-0.05, 0) is 31.2 Å². The van der Waals surface area contributed by atoms with Crippen molar-refractivity contribution in [1.29, 1.82) is 0 Å². The van der Waals surface area contributed by atoms with Gasteiger partial charge in [-0.2, -0.15) is 0 Å². The van der Waals surface area contributed by atoms with Gasteiger partial charge in [0.1, 0.15) is 10.5 Å². The molecule has 0 bridgehead atoms. The van der Waals surface area contributed by atoms with E-state index in [4.69, 9.17) is 4.42 Å². The first-order valence-electron chi connectivity index (χ1n) is 8.21. The highest BCUT2D eigenvalue weighted by Crippen LogP contribution is 2.30. The van der Waals surface area contributed by atoms with Crippen molar-refractivity contribution >= 4 is 50.3 Å². The van der Waals surface area contributed by atoms with Gasteiger partial charge in [0.25, 0.3) is 5.22 Å². The zero-order chi connectivity index (χ0) is 18.1. The normalized spacial score (nSPS) is 12.5. The maximum absolute atomic E-state index is 12.6. The Bertz CT molecular complexity index is 1010. The third kappa shape index (κ3) is 3.32. The fourth-order valence-electron chi connectivity index (χ4n) is 2.59. The molecule has 2 aromatic heterocycles. The molecule has 0 saturated carbocycles. The molecule has 2 aromatic carbocycles. The third-order valence-electron chi connectivity index (χ3n) is 4.24. The summed E-state index contributed by atoms with van der Waals surface area (Å²) in [6.45, 7) is 2.00. The molecule has 2 heterocycles. The molecule has 1 amide bonds. The number of thiazole rings is 1. The van der Waals surface area contributed by atoms with Crippen molar-refractivity contribution in [2.45, 2.75) is 18.2 Å². The molecule has 132 valence electrons. The average Bonchev–Trinajstić information content (AvgIpc) is 3.28. The number of para-hydroxylation sites is 3. The fourth-order valence-corrected chi connectivity index (χ4v) is 4.41. The van der Waals surface area contributed by atoms with Gasteiger partial charge in [-0.1, -0.05) is 36.0 Å². The predicted molar refractivity (Wildman–Crippen MR) is 106 cm³/mol. The van der Waals surface area contributed by atoms with E-state index in [2.05, 4.69) is 9.97 Å². The Morgan fingerprint density at radius 2 is 1.88 bits per heavy atom.